The lowest BCUT2D eigenvalue weighted by Crippen LogP contribution is -2.48. The van der Waals surface area contributed by atoms with Crippen LogP contribution < -0.4 is 21.3 Å². The summed E-state index contributed by atoms with van der Waals surface area (Å²) in [6.45, 7) is 2.46. The van der Waals surface area contributed by atoms with E-state index in [9.17, 15) is 9.59 Å². The minimum absolute atomic E-state index is 0.0396. The van der Waals surface area contributed by atoms with E-state index in [1.807, 2.05) is 37.3 Å². The normalized spacial score (nSPS) is 20.5. The number of hydrogen-bond donors (Lipinski definition) is 5. The van der Waals surface area contributed by atoms with Crippen LogP contribution in [0.15, 0.2) is 30.3 Å². The van der Waals surface area contributed by atoms with Crippen LogP contribution in [0, 0.1) is 6.92 Å². The van der Waals surface area contributed by atoms with Crippen molar-refractivity contribution in [1.82, 2.24) is 15.6 Å². The van der Waals surface area contributed by atoms with Crippen LogP contribution in [0.25, 0.3) is 0 Å². The summed E-state index contributed by atoms with van der Waals surface area (Å²) in [4.78, 5) is 28.1. The Morgan fingerprint density at radius 2 is 2.00 bits per heavy atom. The predicted octanol–water partition coefficient (Wildman–Crippen LogP) is 3.37. The molecule has 2 atom stereocenters. The zero-order valence-electron chi connectivity index (χ0n) is 16.3. The molecule has 152 valence electrons. The van der Waals surface area contributed by atoms with E-state index >= 15 is 0 Å². The number of amides is 2. The van der Waals surface area contributed by atoms with Crippen LogP contribution >= 0.6 is 0 Å². The molecule has 1 aromatic heterocycles. The largest absolute Gasteiger partial charge is 0.465 e. The maximum atomic E-state index is 12.3. The van der Waals surface area contributed by atoms with Crippen LogP contribution in [-0.4, -0.2) is 34.2 Å². The summed E-state index contributed by atoms with van der Waals surface area (Å²) in [6, 6.07) is 9.56. The molecule has 1 fully saturated rings. The molecule has 0 radical (unpaired) electrons. The number of carbonyl (C=O) groups excluding carboxylic acids is 1. The average Bonchev–Trinajstić information content (AvgIpc) is 3.04. The maximum Gasteiger partial charge on any atom is 0.404 e. The molecule has 2 aromatic rings. The summed E-state index contributed by atoms with van der Waals surface area (Å²) in [7, 11) is 0. The molecule has 2 amide bonds. The minimum atomic E-state index is -1.01. The topological polar surface area (TPSA) is 115 Å². The van der Waals surface area contributed by atoms with Gasteiger partial charge >= 0.3 is 6.09 Å². The minimum Gasteiger partial charge on any atom is -0.465 e. The number of carbonyl (C=O) groups is 2. The van der Waals surface area contributed by atoms with Gasteiger partial charge in [0.1, 0.15) is 11.6 Å². The third-order valence-electron chi connectivity index (χ3n) is 5.46. The van der Waals surface area contributed by atoms with Gasteiger partial charge in [0.25, 0.3) is 5.91 Å². The molecular formula is C21H25N5O3. The van der Waals surface area contributed by atoms with Gasteiger partial charge in [-0.05, 0) is 49.1 Å². The van der Waals surface area contributed by atoms with Crippen molar-refractivity contribution in [1.29, 1.82) is 0 Å². The van der Waals surface area contributed by atoms with Crippen molar-refractivity contribution in [2.45, 2.75) is 51.2 Å². The third kappa shape index (κ3) is 4.26. The number of aromatic nitrogens is 1. The Hall–Kier alpha value is -3.29. The van der Waals surface area contributed by atoms with Crippen molar-refractivity contribution in [2.75, 3.05) is 10.6 Å². The monoisotopic (exact) mass is 395 g/mol. The van der Waals surface area contributed by atoms with E-state index in [4.69, 9.17) is 5.11 Å². The van der Waals surface area contributed by atoms with Crippen LogP contribution in [0.3, 0.4) is 0 Å². The van der Waals surface area contributed by atoms with Crippen molar-refractivity contribution in [2.24, 2.45) is 0 Å². The van der Waals surface area contributed by atoms with E-state index < -0.39 is 6.09 Å². The molecule has 29 heavy (non-hydrogen) atoms. The van der Waals surface area contributed by atoms with Crippen molar-refractivity contribution >= 4 is 29.3 Å². The molecule has 4 rings (SSSR count). The number of nitrogens with zero attached hydrogens (tertiary/aromatic N) is 1. The Balaban J connectivity index is 1.62. The molecule has 8 nitrogen and oxygen atoms in total. The molecule has 2 aliphatic rings. The van der Waals surface area contributed by atoms with E-state index in [-0.39, 0.29) is 18.0 Å². The zero-order chi connectivity index (χ0) is 20.4. The van der Waals surface area contributed by atoms with Gasteiger partial charge in [-0.15, -0.1) is 0 Å². The molecule has 1 aromatic carbocycles. The zero-order valence-corrected chi connectivity index (χ0v) is 16.3. The SMILES string of the molecule is Cc1cccc(Nc2nc(NC3CCCCC3NC(=O)O)cc3c2C(=O)NC3)c1. The quantitative estimate of drug-likeness (QED) is 0.530. The number of fused-ring (bicyclic) bond motifs is 1. The number of hydrogen-bond acceptors (Lipinski definition) is 5. The van der Waals surface area contributed by atoms with Crippen LogP contribution in [0.2, 0.25) is 0 Å². The number of rotatable bonds is 5. The fraction of sp³-hybridized carbons (Fsp3) is 0.381. The number of anilines is 3. The van der Waals surface area contributed by atoms with Crippen LogP contribution in [-0.2, 0) is 6.54 Å². The molecular weight excluding hydrogens is 370 g/mol. The van der Waals surface area contributed by atoms with Gasteiger partial charge in [-0.25, -0.2) is 9.78 Å². The molecule has 1 saturated carbocycles. The Morgan fingerprint density at radius 1 is 1.21 bits per heavy atom. The Kier molecular flexibility index (Phi) is 5.24. The van der Waals surface area contributed by atoms with Gasteiger partial charge in [-0.1, -0.05) is 25.0 Å². The molecule has 0 spiro atoms. The predicted molar refractivity (Wildman–Crippen MR) is 111 cm³/mol. The standard InChI is InChI=1S/C21H25N5O3/c1-12-5-4-6-14(9-12)23-19-18-13(11-22-20(18)27)10-17(26-19)24-15-7-2-3-8-16(15)25-21(28)29/h4-6,9-10,15-16,25H,2-3,7-8,11H2,1H3,(H,22,27)(H,28,29)(H2,23,24,26). The lowest BCUT2D eigenvalue weighted by molar-refractivity contribution is 0.0966. The van der Waals surface area contributed by atoms with Crippen molar-refractivity contribution in [3.63, 3.8) is 0 Å². The van der Waals surface area contributed by atoms with Gasteiger partial charge in [0.2, 0.25) is 0 Å². The van der Waals surface area contributed by atoms with E-state index in [1.54, 1.807) is 0 Å². The summed E-state index contributed by atoms with van der Waals surface area (Å²) in [5.74, 6) is 1.00. The van der Waals surface area contributed by atoms with E-state index in [0.29, 0.717) is 23.7 Å². The highest BCUT2D eigenvalue weighted by Crippen LogP contribution is 2.30. The van der Waals surface area contributed by atoms with Crippen LogP contribution in [0.1, 0.15) is 47.2 Å². The summed E-state index contributed by atoms with van der Waals surface area (Å²) in [5.41, 5.74) is 3.40. The fourth-order valence-electron chi connectivity index (χ4n) is 4.10. The number of nitrogens with one attached hydrogen (secondary N) is 4. The lowest BCUT2D eigenvalue weighted by atomic mass is 9.90. The van der Waals surface area contributed by atoms with Crippen molar-refractivity contribution in [3.05, 3.63) is 47.0 Å². The number of benzene rings is 1. The van der Waals surface area contributed by atoms with Crippen molar-refractivity contribution < 1.29 is 14.7 Å². The van der Waals surface area contributed by atoms with Gasteiger partial charge in [0.05, 0.1) is 11.6 Å². The fourth-order valence-corrected chi connectivity index (χ4v) is 4.10. The summed E-state index contributed by atoms with van der Waals surface area (Å²) >= 11 is 0. The highest BCUT2D eigenvalue weighted by Gasteiger charge is 2.29. The summed E-state index contributed by atoms with van der Waals surface area (Å²) in [5, 5.41) is 21.3. The first-order valence-electron chi connectivity index (χ1n) is 9.91. The van der Waals surface area contributed by atoms with Gasteiger partial charge in [0, 0.05) is 18.3 Å². The maximum absolute atomic E-state index is 12.3. The molecule has 5 N–H and O–H groups in total. The van der Waals surface area contributed by atoms with Gasteiger partial charge < -0.3 is 26.4 Å². The first-order chi connectivity index (χ1) is 14.0. The average molecular weight is 395 g/mol. The highest BCUT2D eigenvalue weighted by atomic mass is 16.4. The van der Waals surface area contributed by atoms with Gasteiger partial charge in [0.15, 0.2) is 0 Å². The Bertz CT molecular complexity index is 946. The third-order valence-corrected chi connectivity index (χ3v) is 5.46. The molecule has 1 aliphatic carbocycles. The summed E-state index contributed by atoms with van der Waals surface area (Å²) in [6.07, 6.45) is 2.68. The highest BCUT2D eigenvalue weighted by molar-refractivity contribution is 6.03. The van der Waals surface area contributed by atoms with Crippen molar-refractivity contribution in [3.8, 4) is 0 Å². The molecule has 0 bridgehead atoms. The molecule has 2 unspecified atom stereocenters. The second kappa shape index (κ2) is 7.98. The molecule has 8 heteroatoms. The number of pyridine rings is 1. The second-order valence-electron chi connectivity index (χ2n) is 7.66. The first-order valence-corrected chi connectivity index (χ1v) is 9.91. The second-order valence-corrected chi connectivity index (χ2v) is 7.66. The Labute approximate surface area is 169 Å². The number of carboxylic acid groups (broad SMARTS) is 1. The summed E-state index contributed by atoms with van der Waals surface area (Å²) < 4.78 is 0. The Morgan fingerprint density at radius 3 is 2.76 bits per heavy atom. The lowest BCUT2D eigenvalue weighted by Gasteiger charge is -2.32. The van der Waals surface area contributed by atoms with E-state index in [0.717, 1.165) is 42.5 Å². The smallest absolute Gasteiger partial charge is 0.404 e. The molecule has 2 heterocycles. The van der Waals surface area contributed by atoms with E-state index in [1.165, 1.54) is 0 Å². The van der Waals surface area contributed by atoms with Gasteiger partial charge in [-0.2, -0.15) is 0 Å². The van der Waals surface area contributed by atoms with Crippen LogP contribution in [0.5, 0.6) is 0 Å². The van der Waals surface area contributed by atoms with E-state index in [2.05, 4.69) is 26.3 Å². The van der Waals surface area contributed by atoms with Crippen LogP contribution in [0.4, 0.5) is 22.1 Å². The molecule has 0 saturated heterocycles. The first kappa shape index (κ1) is 19.0. The van der Waals surface area contributed by atoms with Gasteiger partial charge in [-0.3, -0.25) is 4.79 Å². The molecule has 1 aliphatic heterocycles. The number of aryl methyl sites for hydroxylation is 1.